The van der Waals surface area contributed by atoms with E-state index in [4.69, 9.17) is 5.73 Å². The van der Waals surface area contributed by atoms with Gasteiger partial charge in [-0.15, -0.1) is 11.3 Å². The largest absolute Gasteiger partial charge is 0.385 e. The molecular formula is C22H24N2O2S. The van der Waals surface area contributed by atoms with Crippen LogP contribution in [0.1, 0.15) is 54.5 Å². The molecule has 0 fully saturated rings. The number of thiophene rings is 1. The maximum atomic E-state index is 12.3. The monoisotopic (exact) mass is 380 g/mol. The van der Waals surface area contributed by atoms with Gasteiger partial charge < -0.3 is 15.8 Å². The summed E-state index contributed by atoms with van der Waals surface area (Å²) in [5.41, 5.74) is 8.78. The van der Waals surface area contributed by atoms with Gasteiger partial charge >= 0.3 is 0 Å². The molecule has 3 atom stereocenters. The van der Waals surface area contributed by atoms with Gasteiger partial charge in [0.05, 0.1) is 10.3 Å². The number of aromatic amines is 1. The number of aromatic nitrogens is 1. The standard InChI is InChI=1S/C22H24N2O2S/c1-3-13(12-23)14-4-6-15(7-5-14)19-18-16-9-11-27-20(16)21(25)24-17(18)8-10-22(19,2)26/h4-11,13,19,26H,3,12,23H2,1-2H3,(H,24,25). The second kappa shape index (κ2) is 6.75. The van der Waals surface area contributed by atoms with Gasteiger partial charge in [0.15, 0.2) is 0 Å². The lowest BCUT2D eigenvalue weighted by Gasteiger charge is -2.35. The first kappa shape index (κ1) is 18.2. The van der Waals surface area contributed by atoms with Gasteiger partial charge in [-0.3, -0.25) is 4.79 Å². The number of fused-ring (bicyclic) bond motifs is 3. The Labute approximate surface area is 162 Å². The number of nitrogens with two attached hydrogens (primary N) is 1. The molecule has 0 aliphatic heterocycles. The molecule has 5 heteroatoms. The Morgan fingerprint density at radius 1 is 1.30 bits per heavy atom. The third-order valence-electron chi connectivity index (χ3n) is 5.68. The molecule has 2 aromatic heterocycles. The molecule has 0 amide bonds. The molecular weight excluding hydrogens is 356 g/mol. The van der Waals surface area contributed by atoms with E-state index in [1.807, 2.05) is 24.4 Å². The van der Waals surface area contributed by atoms with Crippen LogP contribution in [0.4, 0.5) is 0 Å². The van der Waals surface area contributed by atoms with Gasteiger partial charge in [0, 0.05) is 17.0 Å². The summed E-state index contributed by atoms with van der Waals surface area (Å²) in [7, 11) is 0. The normalized spacial score (nSPS) is 22.7. The number of hydrogen-bond donors (Lipinski definition) is 3. The summed E-state index contributed by atoms with van der Waals surface area (Å²) in [5, 5.41) is 14.0. The fourth-order valence-corrected chi connectivity index (χ4v) is 4.98. The summed E-state index contributed by atoms with van der Waals surface area (Å²) >= 11 is 1.43. The first-order valence-electron chi connectivity index (χ1n) is 9.31. The molecule has 4 nitrogen and oxygen atoms in total. The van der Waals surface area contributed by atoms with Gasteiger partial charge in [-0.25, -0.2) is 0 Å². The van der Waals surface area contributed by atoms with E-state index < -0.39 is 5.60 Å². The highest BCUT2D eigenvalue weighted by molar-refractivity contribution is 7.17. The van der Waals surface area contributed by atoms with Gasteiger partial charge in [-0.05, 0) is 60.0 Å². The average Bonchev–Trinajstić information content (AvgIpc) is 3.14. The topological polar surface area (TPSA) is 79.1 Å². The zero-order valence-corrected chi connectivity index (χ0v) is 16.3. The van der Waals surface area contributed by atoms with Crippen LogP contribution in [0, 0.1) is 0 Å². The molecule has 4 N–H and O–H groups in total. The van der Waals surface area contributed by atoms with E-state index in [0.29, 0.717) is 17.2 Å². The molecule has 1 aromatic carbocycles. The van der Waals surface area contributed by atoms with Gasteiger partial charge in [-0.1, -0.05) is 37.3 Å². The van der Waals surface area contributed by atoms with Crippen LogP contribution in [0.15, 0.2) is 46.6 Å². The summed E-state index contributed by atoms with van der Waals surface area (Å²) < 4.78 is 0.704. The van der Waals surface area contributed by atoms with Crippen molar-refractivity contribution in [2.24, 2.45) is 5.73 Å². The number of pyridine rings is 1. The molecule has 3 aromatic rings. The molecule has 0 radical (unpaired) electrons. The highest BCUT2D eigenvalue weighted by Crippen LogP contribution is 2.44. The van der Waals surface area contributed by atoms with Crippen molar-refractivity contribution in [2.75, 3.05) is 6.54 Å². The van der Waals surface area contributed by atoms with Crippen molar-refractivity contribution < 1.29 is 5.11 Å². The van der Waals surface area contributed by atoms with E-state index >= 15 is 0 Å². The molecule has 3 unspecified atom stereocenters. The molecule has 0 bridgehead atoms. The highest BCUT2D eigenvalue weighted by Gasteiger charge is 2.38. The minimum absolute atomic E-state index is 0.0761. The summed E-state index contributed by atoms with van der Waals surface area (Å²) in [6.45, 7) is 4.59. The number of rotatable bonds is 4. The minimum atomic E-state index is -1.04. The van der Waals surface area contributed by atoms with Gasteiger partial charge in [0.1, 0.15) is 0 Å². The lowest BCUT2D eigenvalue weighted by atomic mass is 9.73. The lowest BCUT2D eigenvalue weighted by Crippen LogP contribution is -2.35. The summed E-state index contributed by atoms with van der Waals surface area (Å²) in [6, 6.07) is 10.4. The Balaban J connectivity index is 1.89. The Kier molecular flexibility index (Phi) is 4.54. The zero-order valence-electron chi connectivity index (χ0n) is 15.5. The SMILES string of the molecule is CCC(CN)c1ccc(C2c3c([nH]c(=O)c4sccc34)C=CC2(C)O)cc1. The quantitative estimate of drug-likeness (QED) is 0.641. The Hall–Kier alpha value is -2.21. The van der Waals surface area contributed by atoms with Gasteiger partial charge in [-0.2, -0.15) is 0 Å². The molecule has 0 saturated heterocycles. The van der Waals surface area contributed by atoms with Crippen molar-refractivity contribution in [1.29, 1.82) is 0 Å². The van der Waals surface area contributed by atoms with Crippen molar-refractivity contribution in [1.82, 2.24) is 4.98 Å². The predicted molar refractivity (Wildman–Crippen MR) is 112 cm³/mol. The van der Waals surface area contributed by atoms with Crippen molar-refractivity contribution in [3.63, 3.8) is 0 Å². The fourth-order valence-electron chi connectivity index (χ4n) is 4.17. The van der Waals surface area contributed by atoms with Gasteiger partial charge in [0.25, 0.3) is 5.56 Å². The number of nitrogens with one attached hydrogen (secondary N) is 1. The number of hydrogen-bond acceptors (Lipinski definition) is 4. The lowest BCUT2D eigenvalue weighted by molar-refractivity contribution is 0.0930. The first-order valence-corrected chi connectivity index (χ1v) is 10.2. The smallest absolute Gasteiger partial charge is 0.266 e. The second-order valence-electron chi connectivity index (χ2n) is 7.44. The van der Waals surface area contributed by atoms with Crippen LogP contribution in [0.3, 0.4) is 0 Å². The van der Waals surface area contributed by atoms with Crippen LogP contribution >= 0.6 is 11.3 Å². The minimum Gasteiger partial charge on any atom is -0.385 e. The van der Waals surface area contributed by atoms with Crippen LogP contribution in [0.25, 0.3) is 16.2 Å². The number of aliphatic hydroxyl groups is 1. The Morgan fingerprint density at radius 3 is 2.70 bits per heavy atom. The summed E-state index contributed by atoms with van der Waals surface area (Å²) in [6.07, 6.45) is 4.59. The molecule has 2 heterocycles. The van der Waals surface area contributed by atoms with Crippen LogP contribution in [0.2, 0.25) is 0 Å². The molecule has 27 heavy (non-hydrogen) atoms. The molecule has 1 aliphatic rings. The molecule has 0 saturated carbocycles. The second-order valence-corrected chi connectivity index (χ2v) is 8.36. The van der Waals surface area contributed by atoms with Gasteiger partial charge in [0.2, 0.25) is 0 Å². The Morgan fingerprint density at radius 2 is 2.04 bits per heavy atom. The van der Waals surface area contributed by atoms with Crippen LogP contribution in [0.5, 0.6) is 0 Å². The van der Waals surface area contributed by atoms with E-state index in [-0.39, 0.29) is 11.5 Å². The molecule has 0 spiro atoms. The maximum absolute atomic E-state index is 12.3. The number of H-pyrrole nitrogens is 1. The summed E-state index contributed by atoms with van der Waals surface area (Å²) in [4.78, 5) is 15.3. The summed E-state index contributed by atoms with van der Waals surface area (Å²) in [5.74, 6) is 0.0940. The van der Waals surface area contributed by atoms with Crippen molar-refractivity contribution in [3.8, 4) is 0 Å². The van der Waals surface area contributed by atoms with E-state index in [0.717, 1.165) is 28.6 Å². The molecule has 4 rings (SSSR count). The third-order valence-corrected chi connectivity index (χ3v) is 6.59. The fraction of sp³-hybridized carbons (Fsp3) is 0.318. The van der Waals surface area contributed by atoms with E-state index in [1.165, 1.54) is 16.9 Å². The third kappa shape index (κ3) is 2.96. The zero-order chi connectivity index (χ0) is 19.2. The molecule has 1 aliphatic carbocycles. The Bertz CT molecular complexity index is 1060. The van der Waals surface area contributed by atoms with Crippen molar-refractivity contribution in [3.05, 3.63) is 74.5 Å². The number of benzene rings is 1. The van der Waals surface area contributed by atoms with E-state index in [2.05, 4.69) is 36.2 Å². The average molecular weight is 381 g/mol. The van der Waals surface area contributed by atoms with Crippen LogP contribution in [-0.2, 0) is 0 Å². The van der Waals surface area contributed by atoms with Crippen molar-refractivity contribution >= 4 is 27.5 Å². The first-order chi connectivity index (χ1) is 13.0. The van der Waals surface area contributed by atoms with Crippen LogP contribution < -0.4 is 11.3 Å². The highest BCUT2D eigenvalue weighted by atomic mass is 32.1. The van der Waals surface area contributed by atoms with Crippen LogP contribution in [-0.4, -0.2) is 22.2 Å². The van der Waals surface area contributed by atoms with E-state index in [9.17, 15) is 9.90 Å². The predicted octanol–water partition coefficient (Wildman–Crippen LogP) is 3.95. The molecule has 140 valence electrons. The van der Waals surface area contributed by atoms with Crippen molar-refractivity contribution in [2.45, 2.75) is 37.7 Å². The maximum Gasteiger partial charge on any atom is 0.266 e. The van der Waals surface area contributed by atoms with E-state index in [1.54, 1.807) is 6.08 Å².